The van der Waals surface area contributed by atoms with Crippen molar-refractivity contribution in [2.45, 2.75) is 18.9 Å². The largest absolute Gasteiger partial charge is 0.340 e. The first-order valence-electron chi connectivity index (χ1n) is 9.10. The molecular formula is C21H26N3O2+. The molecule has 1 aliphatic heterocycles. The number of amides is 2. The van der Waals surface area contributed by atoms with E-state index in [1.165, 1.54) is 4.90 Å². The van der Waals surface area contributed by atoms with Gasteiger partial charge in [0.1, 0.15) is 12.6 Å². The minimum absolute atomic E-state index is 0.0641. The van der Waals surface area contributed by atoms with Crippen molar-refractivity contribution < 1.29 is 14.5 Å². The topological polar surface area (TPSA) is 53.9 Å². The van der Waals surface area contributed by atoms with E-state index in [4.69, 9.17) is 0 Å². The van der Waals surface area contributed by atoms with Crippen LogP contribution in [0.4, 0.5) is 5.69 Å². The molecule has 0 aromatic heterocycles. The van der Waals surface area contributed by atoms with Crippen molar-refractivity contribution in [3.8, 4) is 0 Å². The van der Waals surface area contributed by atoms with E-state index in [-0.39, 0.29) is 17.9 Å². The lowest BCUT2D eigenvalue weighted by Crippen LogP contribution is -3.06. The Kier molecular flexibility index (Phi) is 5.68. The summed E-state index contributed by atoms with van der Waals surface area (Å²) in [4.78, 5) is 27.8. The van der Waals surface area contributed by atoms with Gasteiger partial charge in [0, 0.05) is 24.2 Å². The van der Waals surface area contributed by atoms with Gasteiger partial charge in [0.05, 0.1) is 14.1 Å². The molecule has 0 radical (unpaired) electrons. The maximum Gasteiger partial charge on any atom is 0.252 e. The van der Waals surface area contributed by atoms with Gasteiger partial charge in [0.25, 0.3) is 5.91 Å². The number of hydrogen-bond acceptors (Lipinski definition) is 2. The summed E-state index contributed by atoms with van der Waals surface area (Å²) in [6.45, 7) is 1.51. The molecule has 2 aromatic rings. The smallest absolute Gasteiger partial charge is 0.252 e. The number of likely N-dealkylation sites (N-methyl/N-ethyl adjacent to an activating group) is 1. The number of benzene rings is 2. The average Bonchev–Trinajstić information content (AvgIpc) is 3.07. The van der Waals surface area contributed by atoms with Crippen LogP contribution in [0.5, 0.6) is 0 Å². The Labute approximate surface area is 154 Å². The molecule has 0 spiro atoms. The Morgan fingerprint density at radius 2 is 1.92 bits per heavy atom. The molecular weight excluding hydrogens is 326 g/mol. The number of rotatable bonds is 6. The zero-order valence-corrected chi connectivity index (χ0v) is 15.4. The monoisotopic (exact) mass is 352 g/mol. The Balaban J connectivity index is 1.78. The standard InChI is InChI=1S/C21H25N3O2/c1-23(2)15-19(16-8-4-3-5-9-16)22-21(26)17-10-6-11-18(14-17)24-13-7-12-20(24)25/h3-6,8-11,14,19H,7,12-13,15H2,1-2H3,(H,22,26)/p+1/t19-/m0/s1. The van der Waals surface area contributed by atoms with Crippen LogP contribution in [0.25, 0.3) is 0 Å². The lowest BCUT2D eigenvalue weighted by Gasteiger charge is -2.21. The molecule has 0 saturated carbocycles. The van der Waals surface area contributed by atoms with Crippen LogP contribution in [-0.4, -0.2) is 39.0 Å². The van der Waals surface area contributed by atoms with Crippen LogP contribution in [0.1, 0.15) is 34.8 Å². The highest BCUT2D eigenvalue weighted by molar-refractivity contribution is 5.99. The van der Waals surface area contributed by atoms with Gasteiger partial charge in [-0.1, -0.05) is 36.4 Å². The average molecular weight is 352 g/mol. The van der Waals surface area contributed by atoms with Crippen LogP contribution in [0.2, 0.25) is 0 Å². The first-order valence-corrected chi connectivity index (χ1v) is 9.10. The molecule has 1 fully saturated rings. The van der Waals surface area contributed by atoms with E-state index in [0.29, 0.717) is 12.0 Å². The van der Waals surface area contributed by atoms with E-state index in [9.17, 15) is 9.59 Å². The van der Waals surface area contributed by atoms with Crippen LogP contribution in [0.15, 0.2) is 54.6 Å². The Bertz CT molecular complexity index is 774. The van der Waals surface area contributed by atoms with Crippen molar-refractivity contribution in [3.05, 3.63) is 65.7 Å². The molecule has 1 heterocycles. The Morgan fingerprint density at radius 3 is 2.58 bits per heavy atom. The second kappa shape index (κ2) is 8.15. The number of hydrogen-bond donors (Lipinski definition) is 2. The Hall–Kier alpha value is -2.66. The fourth-order valence-corrected chi connectivity index (χ4v) is 3.32. The van der Waals surface area contributed by atoms with E-state index >= 15 is 0 Å². The molecule has 1 atom stereocenters. The highest BCUT2D eigenvalue weighted by Gasteiger charge is 2.23. The molecule has 0 bridgehead atoms. The van der Waals surface area contributed by atoms with Gasteiger partial charge in [-0.3, -0.25) is 9.59 Å². The number of quaternary nitrogens is 1. The number of nitrogens with one attached hydrogen (secondary N) is 2. The minimum Gasteiger partial charge on any atom is -0.340 e. The molecule has 2 aromatic carbocycles. The zero-order valence-electron chi connectivity index (χ0n) is 15.4. The molecule has 136 valence electrons. The summed E-state index contributed by atoms with van der Waals surface area (Å²) in [5.74, 6) is 0.00882. The van der Waals surface area contributed by atoms with E-state index in [2.05, 4.69) is 19.4 Å². The highest BCUT2D eigenvalue weighted by atomic mass is 16.2. The maximum atomic E-state index is 12.8. The van der Waals surface area contributed by atoms with Crippen LogP contribution in [0, 0.1) is 0 Å². The molecule has 0 aliphatic carbocycles. The molecule has 0 unspecified atom stereocenters. The van der Waals surface area contributed by atoms with Gasteiger partial charge in [0.2, 0.25) is 5.91 Å². The van der Waals surface area contributed by atoms with Gasteiger partial charge >= 0.3 is 0 Å². The van der Waals surface area contributed by atoms with Crippen LogP contribution >= 0.6 is 0 Å². The lowest BCUT2D eigenvalue weighted by molar-refractivity contribution is -0.860. The molecule has 2 N–H and O–H groups in total. The van der Waals surface area contributed by atoms with Gasteiger partial charge in [-0.25, -0.2) is 0 Å². The highest BCUT2D eigenvalue weighted by Crippen LogP contribution is 2.22. The molecule has 3 rings (SSSR count). The van der Waals surface area contributed by atoms with Gasteiger partial charge in [-0.05, 0) is 30.2 Å². The summed E-state index contributed by atoms with van der Waals surface area (Å²) in [5.41, 5.74) is 2.47. The minimum atomic E-state index is -0.117. The summed E-state index contributed by atoms with van der Waals surface area (Å²) in [7, 11) is 4.14. The van der Waals surface area contributed by atoms with Gasteiger partial charge in [-0.2, -0.15) is 0 Å². The normalized spacial score (nSPS) is 15.3. The molecule has 26 heavy (non-hydrogen) atoms. The van der Waals surface area contributed by atoms with Crippen molar-refractivity contribution in [2.75, 3.05) is 32.1 Å². The molecule has 2 amide bonds. The van der Waals surface area contributed by atoms with Gasteiger partial charge in [0.15, 0.2) is 0 Å². The van der Waals surface area contributed by atoms with Crippen molar-refractivity contribution in [1.82, 2.24) is 5.32 Å². The molecule has 5 nitrogen and oxygen atoms in total. The molecule has 5 heteroatoms. The van der Waals surface area contributed by atoms with E-state index in [1.807, 2.05) is 48.5 Å². The van der Waals surface area contributed by atoms with Crippen molar-refractivity contribution in [3.63, 3.8) is 0 Å². The van der Waals surface area contributed by atoms with E-state index in [1.54, 1.807) is 11.0 Å². The number of nitrogens with zero attached hydrogens (tertiary/aromatic N) is 1. The zero-order chi connectivity index (χ0) is 18.5. The predicted molar refractivity (Wildman–Crippen MR) is 102 cm³/mol. The van der Waals surface area contributed by atoms with Crippen LogP contribution in [-0.2, 0) is 4.79 Å². The second-order valence-corrected chi connectivity index (χ2v) is 7.05. The summed E-state index contributed by atoms with van der Waals surface area (Å²) in [5, 5.41) is 3.15. The Morgan fingerprint density at radius 1 is 1.15 bits per heavy atom. The second-order valence-electron chi connectivity index (χ2n) is 7.05. The number of carbonyl (C=O) groups excluding carboxylic acids is 2. The SMILES string of the molecule is C[NH+](C)C[C@H](NC(=O)c1cccc(N2CCCC2=O)c1)c1ccccc1. The number of anilines is 1. The van der Waals surface area contributed by atoms with E-state index in [0.717, 1.165) is 30.8 Å². The summed E-state index contributed by atoms with van der Waals surface area (Å²) in [6, 6.07) is 17.3. The first kappa shape index (κ1) is 18.1. The first-order chi connectivity index (χ1) is 12.5. The van der Waals surface area contributed by atoms with Crippen LogP contribution in [0.3, 0.4) is 0 Å². The lowest BCUT2D eigenvalue weighted by atomic mass is 10.1. The fourth-order valence-electron chi connectivity index (χ4n) is 3.32. The predicted octanol–water partition coefficient (Wildman–Crippen LogP) is 1.43. The van der Waals surface area contributed by atoms with E-state index < -0.39 is 0 Å². The van der Waals surface area contributed by atoms with Crippen molar-refractivity contribution >= 4 is 17.5 Å². The van der Waals surface area contributed by atoms with Gasteiger partial charge < -0.3 is 15.1 Å². The third-order valence-corrected chi connectivity index (χ3v) is 4.61. The molecule has 1 aliphatic rings. The summed E-state index contributed by atoms with van der Waals surface area (Å²) >= 11 is 0. The summed E-state index contributed by atoms with van der Waals surface area (Å²) in [6.07, 6.45) is 1.45. The van der Waals surface area contributed by atoms with Crippen LogP contribution < -0.4 is 15.1 Å². The molecule has 1 saturated heterocycles. The summed E-state index contributed by atoms with van der Waals surface area (Å²) < 4.78 is 0. The third kappa shape index (κ3) is 4.29. The number of carbonyl (C=O) groups is 2. The maximum absolute atomic E-state index is 12.8. The van der Waals surface area contributed by atoms with Gasteiger partial charge in [-0.15, -0.1) is 0 Å². The van der Waals surface area contributed by atoms with Crippen molar-refractivity contribution in [2.24, 2.45) is 0 Å². The fraction of sp³-hybridized carbons (Fsp3) is 0.333. The van der Waals surface area contributed by atoms with Crippen molar-refractivity contribution in [1.29, 1.82) is 0 Å². The quantitative estimate of drug-likeness (QED) is 0.826. The third-order valence-electron chi connectivity index (χ3n) is 4.61.